The molecule has 0 bridgehead atoms. The normalized spacial score (nSPS) is 14.0. The zero-order chi connectivity index (χ0) is 16.0. The maximum absolute atomic E-state index is 10.9. The summed E-state index contributed by atoms with van der Waals surface area (Å²) in [7, 11) is 0. The average molecular weight is 300 g/mol. The highest BCUT2D eigenvalue weighted by Crippen LogP contribution is 2.26. The van der Waals surface area contributed by atoms with E-state index < -0.39 is 11.6 Å². The van der Waals surface area contributed by atoms with Gasteiger partial charge >= 0.3 is 5.97 Å². The van der Waals surface area contributed by atoms with E-state index in [-0.39, 0.29) is 6.42 Å². The maximum atomic E-state index is 10.9. The summed E-state index contributed by atoms with van der Waals surface area (Å²) < 4.78 is 0. The summed E-state index contributed by atoms with van der Waals surface area (Å²) in [5.41, 5.74) is -0.983. The molecule has 1 unspecified atom stereocenters. The van der Waals surface area contributed by atoms with Crippen LogP contribution in [0.2, 0.25) is 0 Å². The van der Waals surface area contributed by atoms with E-state index >= 15 is 0 Å². The summed E-state index contributed by atoms with van der Waals surface area (Å²) in [6, 6.07) is 0. The second-order valence-electron chi connectivity index (χ2n) is 6.48. The number of aliphatic hydroxyl groups is 1. The van der Waals surface area contributed by atoms with Crippen molar-refractivity contribution in [1.82, 2.24) is 0 Å². The minimum absolute atomic E-state index is 0.107. The van der Waals surface area contributed by atoms with Crippen molar-refractivity contribution < 1.29 is 15.0 Å². The minimum Gasteiger partial charge on any atom is -0.481 e. The molecule has 0 saturated carbocycles. The number of unbranched alkanes of at least 4 members (excludes halogenated alkanes) is 9. The highest BCUT2D eigenvalue weighted by Gasteiger charge is 2.28. The van der Waals surface area contributed by atoms with Crippen molar-refractivity contribution in [1.29, 1.82) is 0 Å². The molecule has 3 heteroatoms. The van der Waals surface area contributed by atoms with Crippen molar-refractivity contribution in [3.05, 3.63) is 0 Å². The molecule has 3 nitrogen and oxygen atoms in total. The Hall–Kier alpha value is -0.570. The molecule has 126 valence electrons. The molecule has 0 spiro atoms. The van der Waals surface area contributed by atoms with Crippen LogP contribution in [0.1, 0.15) is 104 Å². The fourth-order valence-electron chi connectivity index (χ4n) is 2.85. The van der Waals surface area contributed by atoms with Crippen molar-refractivity contribution in [2.24, 2.45) is 0 Å². The molecule has 1 atom stereocenters. The van der Waals surface area contributed by atoms with E-state index in [9.17, 15) is 9.90 Å². The molecule has 0 aromatic heterocycles. The standard InChI is InChI=1S/C18H36O3/c1-3-5-7-8-9-10-11-12-13-15-18(21,14-6-4-2)16-17(19)20/h21H,3-16H2,1-2H3,(H,19,20). The van der Waals surface area contributed by atoms with Crippen molar-refractivity contribution >= 4 is 5.97 Å². The average Bonchev–Trinajstić information content (AvgIpc) is 2.43. The first-order chi connectivity index (χ1) is 10.0. The zero-order valence-corrected chi connectivity index (χ0v) is 14.2. The molecule has 0 aliphatic carbocycles. The minimum atomic E-state index is -0.983. The molecule has 0 amide bonds. The van der Waals surface area contributed by atoms with Gasteiger partial charge in [-0.2, -0.15) is 0 Å². The van der Waals surface area contributed by atoms with Crippen LogP contribution in [0.15, 0.2) is 0 Å². The molecule has 0 aliphatic rings. The Labute approximate surface area is 131 Å². The Balaban J connectivity index is 3.70. The lowest BCUT2D eigenvalue weighted by molar-refractivity contribution is -0.143. The van der Waals surface area contributed by atoms with Gasteiger partial charge in [0.1, 0.15) is 0 Å². The van der Waals surface area contributed by atoms with Gasteiger partial charge in [0.2, 0.25) is 0 Å². The van der Waals surface area contributed by atoms with Crippen LogP contribution in [0.25, 0.3) is 0 Å². The summed E-state index contributed by atoms with van der Waals surface area (Å²) in [4.78, 5) is 10.9. The Morgan fingerprint density at radius 3 is 1.67 bits per heavy atom. The second-order valence-corrected chi connectivity index (χ2v) is 6.48. The molecule has 0 heterocycles. The second kappa shape index (κ2) is 13.1. The first kappa shape index (κ1) is 20.4. The van der Waals surface area contributed by atoms with E-state index in [0.29, 0.717) is 12.8 Å². The lowest BCUT2D eigenvalue weighted by Gasteiger charge is -2.26. The molecule has 0 radical (unpaired) electrons. The predicted octanol–water partition coefficient (Wildman–Crippen LogP) is 5.30. The van der Waals surface area contributed by atoms with Gasteiger partial charge in [0.15, 0.2) is 0 Å². The van der Waals surface area contributed by atoms with Crippen LogP contribution in [0, 0.1) is 0 Å². The Morgan fingerprint density at radius 2 is 1.19 bits per heavy atom. The molecule has 0 rings (SSSR count). The van der Waals surface area contributed by atoms with Gasteiger partial charge in [0.05, 0.1) is 12.0 Å². The molecule has 0 saturated heterocycles. The van der Waals surface area contributed by atoms with E-state index in [2.05, 4.69) is 13.8 Å². The number of carbonyl (C=O) groups is 1. The van der Waals surface area contributed by atoms with Gasteiger partial charge in [-0.05, 0) is 12.8 Å². The van der Waals surface area contributed by atoms with E-state index in [4.69, 9.17) is 5.11 Å². The predicted molar refractivity (Wildman–Crippen MR) is 88.6 cm³/mol. The lowest BCUT2D eigenvalue weighted by Crippen LogP contribution is -2.31. The molecule has 0 aliphatic heterocycles. The van der Waals surface area contributed by atoms with Crippen LogP contribution >= 0.6 is 0 Å². The quantitative estimate of drug-likeness (QED) is 0.403. The number of rotatable bonds is 15. The van der Waals surface area contributed by atoms with Crippen LogP contribution < -0.4 is 0 Å². The largest absolute Gasteiger partial charge is 0.481 e. The summed E-state index contributed by atoms with van der Waals surface area (Å²) in [6.07, 6.45) is 14.2. The highest BCUT2D eigenvalue weighted by atomic mass is 16.4. The van der Waals surface area contributed by atoms with Gasteiger partial charge in [-0.15, -0.1) is 0 Å². The van der Waals surface area contributed by atoms with Crippen molar-refractivity contribution in [3.8, 4) is 0 Å². The molecule has 2 N–H and O–H groups in total. The van der Waals surface area contributed by atoms with E-state index in [1.165, 1.54) is 44.9 Å². The monoisotopic (exact) mass is 300 g/mol. The fraction of sp³-hybridized carbons (Fsp3) is 0.944. The van der Waals surface area contributed by atoms with Gasteiger partial charge in [-0.25, -0.2) is 0 Å². The molecular weight excluding hydrogens is 264 g/mol. The van der Waals surface area contributed by atoms with E-state index in [1.807, 2.05) is 0 Å². The third-order valence-electron chi connectivity index (χ3n) is 4.22. The summed E-state index contributed by atoms with van der Waals surface area (Å²) >= 11 is 0. The summed E-state index contributed by atoms with van der Waals surface area (Å²) in [5.74, 6) is -0.885. The van der Waals surface area contributed by atoms with Gasteiger partial charge in [-0.3, -0.25) is 4.79 Å². The van der Waals surface area contributed by atoms with Gasteiger partial charge in [0, 0.05) is 0 Å². The Kier molecular flexibility index (Phi) is 12.8. The number of carboxylic acids is 1. The van der Waals surface area contributed by atoms with Crippen LogP contribution in [-0.4, -0.2) is 21.8 Å². The molecule has 21 heavy (non-hydrogen) atoms. The van der Waals surface area contributed by atoms with Crippen molar-refractivity contribution in [2.75, 3.05) is 0 Å². The van der Waals surface area contributed by atoms with Crippen LogP contribution in [0.3, 0.4) is 0 Å². The third-order valence-corrected chi connectivity index (χ3v) is 4.22. The zero-order valence-electron chi connectivity index (χ0n) is 14.2. The molecular formula is C18H36O3. The highest BCUT2D eigenvalue weighted by molar-refractivity contribution is 5.68. The van der Waals surface area contributed by atoms with E-state index in [0.717, 1.165) is 25.7 Å². The van der Waals surface area contributed by atoms with Gasteiger partial charge < -0.3 is 10.2 Å². The van der Waals surface area contributed by atoms with Crippen LogP contribution in [-0.2, 0) is 4.79 Å². The number of carboxylic acid groups (broad SMARTS) is 1. The van der Waals surface area contributed by atoms with E-state index in [1.54, 1.807) is 0 Å². The molecule has 0 fully saturated rings. The third kappa shape index (κ3) is 12.9. The maximum Gasteiger partial charge on any atom is 0.306 e. The van der Waals surface area contributed by atoms with Gasteiger partial charge in [-0.1, -0.05) is 84.5 Å². The Bertz CT molecular complexity index is 253. The number of aliphatic carboxylic acids is 1. The SMILES string of the molecule is CCCCCCCCCCCC(O)(CCCC)CC(=O)O. The first-order valence-electron chi connectivity index (χ1n) is 8.98. The van der Waals surface area contributed by atoms with Crippen LogP contribution in [0.5, 0.6) is 0 Å². The molecule has 0 aromatic carbocycles. The lowest BCUT2D eigenvalue weighted by atomic mass is 9.87. The summed E-state index contributed by atoms with van der Waals surface area (Å²) in [5, 5.41) is 19.4. The first-order valence-corrected chi connectivity index (χ1v) is 8.98. The Morgan fingerprint density at radius 1 is 0.762 bits per heavy atom. The summed E-state index contributed by atoms with van der Waals surface area (Å²) in [6.45, 7) is 4.30. The van der Waals surface area contributed by atoms with Crippen molar-refractivity contribution in [2.45, 2.75) is 109 Å². The smallest absolute Gasteiger partial charge is 0.306 e. The number of hydrogen-bond donors (Lipinski definition) is 2. The fourth-order valence-corrected chi connectivity index (χ4v) is 2.85. The van der Waals surface area contributed by atoms with Crippen LogP contribution in [0.4, 0.5) is 0 Å². The van der Waals surface area contributed by atoms with Gasteiger partial charge in [0.25, 0.3) is 0 Å². The topological polar surface area (TPSA) is 57.5 Å². The molecule has 0 aromatic rings. The number of hydrogen-bond acceptors (Lipinski definition) is 2. The van der Waals surface area contributed by atoms with Crippen molar-refractivity contribution in [3.63, 3.8) is 0 Å².